The fourth-order valence-corrected chi connectivity index (χ4v) is 5.92. The quantitative estimate of drug-likeness (QED) is 0.519. The Balaban J connectivity index is 1.40. The van der Waals surface area contributed by atoms with Gasteiger partial charge >= 0.3 is 12.0 Å². The number of amides is 1. The molecule has 1 aliphatic heterocycles. The van der Waals surface area contributed by atoms with Gasteiger partial charge in [-0.2, -0.15) is 0 Å². The van der Waals surface area contributed by atoms with E-state index < -0.39 is 5.97 Å². The fraction of sp³-hybridized carbons (Fsp3) is 0.407. The predicted octanol–water partition coefficient (Wildman–Crippen LogP) is 4.95. The van der Waals surface area contributed by atoms with E-state index in [9.17, 15) is 9.59 Å². The smallest absolute Gasteiger partial charge is 0.323 e. The Labute approximate surface area is 203 Å². The molecule has 0 bridgehead atoms. The van der Waals surface area contributed by atoms with Gasteiger partial charge in [0.1, 0.15) is 0 Å². The van der Waals surface area contributed by atoms with Crippen molar-refractivity contribution < 1.29 is 19.1 Å². The number of carbonyl (C=O) groups is 2. The van der Waals surface area contributed by atoms with E-state index in [1.54, 1.807) is 0 Å². The Kier molecular flexibility index (Phi) is 5.51. The predicted molar refractivity (Wildman–Crippen MR) is 129 cm³/mol. The van der Waals surface area contributed by atoms with Crippen LogP contribution in [0.25, 0.3) is 11.5 Å². The molecule has 6 rings (SSSR count). The van der Waals surface area contributed by atoms with Crippen molar-refractivity contribution in [3.63, 3.8) is 0 Å². The van der Waals surface area contributed by atoms with Crippen LogP contribution in [0.4, 0.5) is 11.7 Å². The number of nitrogens with zero attached hydrogens (tertiary/aromatic N) is 4. The first kappa shape index (κ1) is 21.8. The molecule has 35 heavy (non-hydrogen) atoms. The van der Waals surface area contributed by atoms with E-state index in [1.165, 1.54) is 0 Å². The zero-order valence-electron chi connectivity index (χ0n) is 19.4. The number of rotatable bonds is 7. The summed E-state index contributed by atoms with van der Waals surface area (Å²) in [5, 5.41) is 17.9. The third-order valence-corrected chi connectivity index (χ3v) is 7.51. The number of hydrogen-bond donors (Lipinski definition) is 1. The molecule has 3 aliphatic rings. The standard InChI is InChI=1S/C27H28N4O4/c32-23(15-16-24(33)34)30(18-13-14-18)25-19-9-4-5-11-21(19)31(22-12-6-10-20(22)25)27-29-28-26(35-27)17-7-2-1-3-8-17/h1-5,7-9,11,18,20,22,25H,6,10,12-16H2,(H,33,34)/t20-,22+,25+/m1/s1. The molecular weight excluding hydrogens is 444 g/mol. The molecule has 1 N–H and O–H groups in total. The summed E-state index contributed by atoms with van der Waals surface area (Å²) in [5.41, 5.74) is 2.94. The van der Waals surface area contributed by atoms with Crippen LogP contribution in [0.1, 0.15) is 56.6 Å². The summed E-state index contributed by atoms with van der Waals surface area (Å²) in [4.78, 5) is 28.7. The number of carboxylic acid groups (broad SMARTS) is 1. The van der Waals surface area contributed by atoms with Crippen molar-refractivity contribution in [1.29, 1.82) is 0 Å². The third kappa shape index (κ3) is 3.96. The highest BCUT2D eigenvalue weighted by atomic mass is 16.4. The summed E-state index contributed by atoms with van der Waals surface area (Å²) in [7, 11) is 0. The van der Waals surface area contributed by atoms with Gasteiger partial charge in [0.15, 0.2) is 0 Å². The highest BCUT2D eigenvalue weighted by Gasteiger charge is 2.51. The number of benzene rings is 2. The number of aliphatic carboxylic acids is 1. The second-order valence-corrected chi connectivity index (χ2v) is 9.72. The van der Waals surface area contributed by atoms with Gasteiger partial charge in [-0.25, -0.2) is 0 Å². The Morgan fingerprint density at radius 1 is 0.971 bits per heavy atom. The molecule has 2 aliphatic carbocycles. The van der Waals surface area contributed by atoms with Gasteiger partial charge in [0.2, 0.25) is 11.8 Å². The van der Waals surface area contributed by atoms with Crippen LogP contribution >= 0.6 is 0 Å². The van der Waals surface area contributed by atoms with Gasteiger partial charge in [-0.1, -0.05) is 47.9 Å². The molecule has 1 aromatic heterocycles. The second-order valence-electron chi connectivity index (χ2n) is 9.72. The van der Waals surface area contributed by atoms with Gasteiger partial charge in [-0.3, -0.25) is 14.5 Å². The van der Waals surface area contributed by atoms with E-state index in [0.29, 0.717) is 11.9 Å². The monoisotopic (exact) mass is 472 g/mol. The normalized spacial score (nSPS) is 23.0. The fourth-order valence-electron chi connectivity index (χ4n) is 5.92. The number of hydrogen-bond acceptors (Lipinski definition) is 6. The molecule has 2 heterocycles. The molecule has 3 atom stereocenters. The number of aromatic nitrogens is 2. The van der Waals surface area contributed by atoms with Crippen LogP contribution in [0.5, 0.6) is 0 Å². The average molecular weight is 473 g/mol. The minimum absolute atomic E-state index is 0.0374. The Morgan fingerprint density at radius 2 is 1.74 bits per heavy atom. The highest BCUT2D eigenvalue weighted by molar-refractivity contribution is 5.82. The first-order valence-corrected chi connectivity index (χ1v) is 12.4. The lowest BCUT2D eigenvalue weighted by Crippen LogP contribution is -2.49. The maximum absolute atomic E-state index is 13.3. The van der Waals surface area contributed by atoms with Crippen LogP contribution in [0.2, 0.25) is 0 Å². The van der Waals surface area contributed by atoms with Crippen molar-refractivity contribution in [2.24, 2.45) is 5.92 Å². The van der Waals surface area contributed by atoms with E-state index in [1.807, 2.05) is 47.4 Å². The largest absolute Gasteiger partial charge is 0.481 e. The second kappa shape index (κ2) is 8.83. The molecule has 2 aromatic carbocycles. The summed E-state index contributed by atoms with van der Waals surface area (Å²) in [6, 6.07) is 18.6. The van der Waals surface area contributed by atoms with Crippen LogP contribution in [-0.2, 0) is 9.59 Å². The van der Waals surface area contributed by atoms with E-state index in [4.69, 9.17) is 9.52 Å². The third-order valence-electron chi connectivity index (χ3n) is 7.51. The van der Waals surface area contributed by atoms with E-state index in [-0.39, 0.29) is 42.8 Å². The Hall–Kier alpha value is -3.68. The molecule has 8 nitrogen and oxygen atoms in total. The van der Waals surface area contributed by atoms with E-state index in [2.05, 4.69) is 27.2 Å². The SMILES string of the molecule is O=C(O)CCC(=O)N(C1CC1)[C@H]1c2ccccc2N(c2nnc(-c3ccccc3)o2)[C@H]2CCC[C@H]21. The molecule has 0 unspecified atom stereocenters. The minimum Gasteiger partial charge on any atom is -0.481 e. The zero-order chi connectivity index (χ0) is 23.9. The maximum Gasteiger partial charge on any atom is 0.323 e. The minimum atomic E-state index is -0.936. The summed E-state index contributed by atoms with van der Waals surface area (Å²) < 4.78 is 6.20. The van der Waals surface area contributed by atoms with Crippen molar-refractivity contribution >= 4 is 23.6 Å². The molecule has 2 saturated carbocycles. The molecule has 0 radical (unpaired) electrons. The van der Waals surface area contributed by atoms with Gasteiger partial charge in [-0.05, 0) is 49.4 Å². The van der Waals surface area contributed by atoms with Crippen molar-refractivity contribution in [2.45, 2.75) is 63.1 Å². The summed E-state index contributed by atoms with van der Waals surface area (Å²) in [5.74, 6) is -0.295. The molecule has 0 saturated heterocycles. The highest BCUT2D eigenvalue weighted by Crippen LogP contribution is 2.54. The van der Waals surface area contributed by atoms with Crippen molar-refractivity contribution in [2.75, 3.05) is 4.90 Å². The van der Waals surface area contributed by atoms with E-state index in [0.717, 1.165) is 48.9 Å². The van der Waals surface area contributed by atoms with Gasteiger partial charge in [0.05, 0.1) is 18.2 Å². The van der Waals surface area contributed by atoms with Crippen molar-refractivity contribution in [1.82, 2.24) is 15.1 Å². The maximum atomic E-state index is 13.3. The van der Waals surface area contributed by atoms with Gasteiger partial charge in [0, 0.05) is 30.0 Å². The first-order chi connectivity index (χ1) is 17.1. The lowest BCUT2D eigenvalue weighted by Gasteiger charge is -2.47. The number of carbonyl (C=O) groups excluding carboxylic acids is 1. The molecule has 180 valence electrons. The number of carboxylic acids is 1. The number of anilines is 2. The summed E-state index contributed by atoms with van der Waals surface area (Å²) in [6.07, 6.45) is 4.87. The number of para-hydroxylation sites is 1. The van der Waals surface area contributed by atoms with Gasteiger partial charge in [-0.15, -0.1) is 5.10 Å². The van der Waals surface area contributed by atoms with Gasteiger partial charge in [0.25, 0.3) is 0 Å². The molecule has 2 fully saturated rings. The average Bonchev–Trinajstić information content (AvgIpc) is 3.37. The van der Waals surface area contributed by atoms with Crippen LogP contribution in [0.3, 0.4) is 0 Å². The summed E-state index contributed by atoms with van der Waals surface area (Å²) in [6.45, 7) is 0. The Morgan fingerprint density at radius 3 is 2.51 bits per heavy atom. The molecule has 0 spiro atoms. The molecule has 3 aromatic rings. The lowest BCUT2D eigenvalue weighted by molar-refractivity contribution is -0.142. The van der Waals surface area contributed by atoms with Crippen molar-refractivity contribution in [3.05, 3.63) is 60.2 Å². The molecular formula is C27H28N4O4. The lowest BCUT2D eigenvalue weighted by atomic mass is 9.81. The van der Waals surface area contributed by atoms with Crippen LogP contribution in [-0.4, -0.2) is 44.2 Å². The van der Waals surface area contributed by atoms with Crippen molar-refractivity contribution in [3.8, 4) is 11.5 Å². The van der Waals surface area contributed by atoms with Crippen LogP contribution < -0.4 is 4.90 Å². The molecule has 8 heteroatoms. The molecule has 1 amide bonds. The Bertz CT molecular complexity index is 1240. The number of fused-ring (bicyclic) bond motifs is 2. The summed E-state index contributed by atoms with van der Waals surface area (Å²) >= 11 is 0. The topological polar surface area (TPSA) is 99.8 Å². The first-order valence-electron chi connectivity index (χ1n) is 12.4. The van der Waals surface area contributed by atoms with Gasteiger partial charge < -0.3 is 14.4 Å². The van der Waals surface area contributed by atoms with E-state index >= 15 is 0 Å². The van der Waals surface area contributed by atoms with Crippen LogP contribution in [0.15, 0.2) is 59.0 Å². The van der Waals surface area contributed by atoms with Crippen LogP contribution in [0, 0.1) is 5.92 Å². The zero-order valence-corrected chi connectivity index (χ0v) is 19.4.